The maximum absolute atomic E-state index is 11.7. The fourth-order valence-electron chi connectivity index (χ4n) is 1.31. The Labute approximate surface area is 93.2 Å². The summed E-state index contributed by atoms with van der Waals surface area (Å²) in [6.45, 7) is 6.16. The standard InChI is InChI=1S/C11H25N3O/c1-11(2,6-7-12)10(15)13-8-5-9-14(3)4/h5-9,12H2,1-4H3,(H,13,15). The number of rotatable bonds is 7. The second kappa shape index (κ2) is 6.80. The Morgan fingerprint density at radius 3 is 2.47 bits per heavy atom. The van der Waals surface area contributed by atoms with Gasteiger partial charge in [0.2, 0.25) is 5.91 Å². The summed E-state index contributed by atoms with van der Waals surface area (Å²) in [5.41, 5.74) is 5.12. The van der Waals surface area contributed by atoms with E-state index in [1.807, 2.05) is 27.9 Å². The Morgan fingerprint density at radius 2 is 2.00 bits per heavy atom. The number of amides is 1. The molecule has 0 heterocycles. The van der Waals surface area contributed by atoms with Gasteiger partial charge in [-0.05, 0) is 40.0 Å². The first kappa shape index (κ1) is 14.4. The smallest absolute Gasteiger partial charge is 0.225 e. The van der Waals surface area contributed by atoms with Gasteiger partial charge in [-0.1, -0.05) is 13.8 Å². The fourth-order valence-corrected chi connectivity index (χ4v) is 1.31. The van der Waals surface area contributed by atoms with Gasteiger partial charge >= 0.3 is 0 Å². The summed E-state index contributed by atoms with van der Waals surface area (Å²) in [4.78, 5) is 13.8. The van der Waals surface area contributed by atoms with Gasteiger partial charge in [-0.3, -0.25) is 4.79 Å². The molecule has 0 aromatic carbocycles. The maximum Gasteiger partial charge on any atom is 0.225 e. The van der Waals surface area contributed by atoms with Crippen LogP contribution in [0.25, 0.3) is 0 Å². The molecule has 0 spiro atoms. The summed E-state index contributed by atoms with van der Waals surface area (Å²) in [7, 11) is 4.06. The van der Waals surface area contributed by atoms with Crippen LogP contribution in [0.2, 0.25) is 0 Å². The lowest BCUT2D eigenvalue weighted by molar-refractivity contribution is -0.129. The fraction of sp³-hybridized carbons (Fsp3) is 0.909. The highest BCUT2D eigenvalue weighted by Gasteiger charge is 2.25. The Morgan fingerprint density at radius 1 is 1.40 bits per heavy atom. The number of nitrogens with two attached hydrogens (primary N) is 1. The van der Waals surface area contributed by atoms with Crippen LogP contribution in [0.1, 0.15) is 26.7 Å². The van der Waals surface area contributed by atoms with Crippen LogP contribution in [0, 0.1) is 5.41 Å². The Kier molecular flexibility index (Phi) is 6.52. The van der Waals surface area contributed by atoms with Crippen LogP contribution in [0.5, 0.6) is 0 Å². The zero-order chi connectivity index (χ0) is 11.9. The second-order valence-corrected chi connectivity index (χ2v) is 4.84. The highest BCUT2D eigenvalue weighted by molar-refractivity contribution is 5.81. The van der Waals surface area contributed by atoms with Crippen molar-refractivity contribution >= 4 is 5.91 Å². The van der Waals surface area contributed by atoms with Gasteiger partial charge in [0.1, 0.15) is 0 Å². The Hall–Kier alpha value is -0.610. The normalized spacial score (nSPS) is 11.9. The first-order valence-electron chi connectivity index (χ1n) is 5.53. The first-order valence-corrected chi connectivity index (χ1v) is 5.53. The maximum atomic E-state index is 11.7. The Bertz CT molecular complexity index is 190. The number of hydrogen-bond donors (Lipinski definition) is 2. The van der Waals surface area contributed by atoms with E-state index in [0.717, 1.165) is 25.9 Å². The molecule has 0 saturated heterocycles. The highest BCUT2D eigenvalue weighted by atomic mass is 16.2. The van der Waals surface area contributed by atoms with Gasteiger partial charge in [0.05, 0.1) is 0 Å². The molecule has 0 saturated carbocycles. The summed E-state index contributed by atoms with van der Waals surface area (Å²) in [6, 6.07) is 0. The average molecular weight is 215 g/mol. The van der Waals surface area contributed by atoms with Crippen LogP contribution in [0.3, 0.4) is 0 Å². The summed E-state index contributed by atoms with van der Waals surface area (Å²) in [5.74, 6) is 0.103. The molecule has 0 atom stereocenters. The molecule has 0 aliphatic rings. The van der Waals surface area contributed by atoms with E-state index in [9.17, 15) is 4.79 Å². The predicted octanol–water partition coefficient (Wildman–Crippen LogP) is 0.429. The van der Waals surface area contributed by atoms with E-state index in [1.54, 1.807) is 0 Å². The lowest BCUT2D eigenvalue weighted by Gasteiger charge is -2.22. The number of carbonyl (C=O) groups is 1. The molecule has 0 aromatic heterocycles. The molecule has 4 heteroatoms. The van der Waals surface area contributed by atoms with E-state index in [4.69, 9.17) is 5.73 Å². The zero-order valence-corrected chi connectivity index (χ0v) is 10.5. The minimum Gasteiger partial charge on any atom is -0.356 e. The third-order valence-electron chi connectivity index (χ3n) is 2.45. The van der Waals surface area contributed by atoms with Crippen molar-refractivity contribution in [3.05, 3.63) is 0 Å². The molecule has 0 unspecified atom stereocenters. The molecule has 3 N–H and O–H groups in total. The molecule has 0 fully saturated rings. The molecule has 90 valence electrons. The number of carbonyl (C=O) groups excluding carboxylic acids is 1. The van der Waals surface area contributed by atoms with Gasteiger partial charge in [0, 0.05) is 12.0 Å². The van der Waals surface area contributed by atoms with Crippen LogP contribution in [-0.2, 0) is 4.79 Å². The molecule has 0 aromatic rings. The molecule has 0 radical (unpaired) electrons. The highest BCUT2D eigenvalue weighted by Crippen LogP contribution is 2.18. The minimum absolute atomic E-state index is 0.103. The average Bonchev–Trinajstić information content (AvgIpc) is 2.11. The number of nitrogens with zero attached hydrogens (tertiary/aromatic N) is 1. The lowest BCUT2D eigenvalue weighted by atomic mass is 9.88. The lowest BCUT2D eigenvalue weighted by Crippen LogP contribution is -2.39. The van der Waals surface area contributed by atoms with Crippen molar-refractivity contribution in [2.24, 2.45) is 11.1 Å². The molecule has 0 rings (SSSR count). The SMILES string of the molecule is CN(C)CCCNC(=O)C(C)(C)CCN. The minimum atomic E-state index is -0.340. The Balaban J connectivity index is 3.73. The monoisotopic (exact) mass is 215 g/mol. The van der Waals surface area contributed by atoms with E-state index in [2.05, 4.69) is 10.2 Å². The van der Waals surface area contributed by atoms with E-state index >= 15 is 0 Å². The van der Waals surface area contributed by atoms with E-state index < -0.39 is 0 Å². The molecule has 0 bridgehead atoms. The number of nitrogens with one attached hydrogen (secondary N) is 1. The van der Waals surface area contributed by atoms with E-state index in [1.165, 1.54) is 0 Å². The third kappa shape index (κ3) is 6.47. The molecular weight excluding hydrogens is 190 g/mol. The number of hydrogen-bond acceptors (Lipinski definition) is 3. The van der Waals surface area contributed by atoms with Crippen molar-refractivity contribution in [3.8, 4) is 0 Å². The van der Waals surface area contributed by atoms with Crippen LogP contribution in [-0.4, -0.2) is 44.5 Å². The van der Waals surface area contributed by atoms with Gasteiger partial charge in [0.25, 0.3) is 0 Å². The summed E-state index contributed by atoms with van der Waals surface area (Å²) in [6.07, 6.45) is 1.71. The van der Waals surface area contributed by atoms with Crippen LogP contribution in [0.4, 0.5) is 0 Å². The molecule has 4 nitrogen and oxygen atoms in total. The van der Waals surface area contributed by atoms with Gasteiger partial charge in [-0.2, -0.15) is 0 Å². The zero-order valence-electron chi connectivity index (χ0n) is 10.5. The van der Waals surface area contributed by atoms with Gasteiger partial charge < -0.3 is 16.0 Å². The largest absolute Gasteiger partial charge is 0.356 e. The topological polar surface area (TPSA) is 58.4 Å². The first-order chi connectivity index (χ1) is 6.90. The quantitative estimate of drug-likeness (QED) is 0.606. The van der Waals surface area contributed by atoms with Crippen molar-refractivity contribution in [1.82, 2.24) is 10.2 Å². The van der Waals surface area contributed by atoms with Crippen LogP contribution >= 0.6 is 0 Å². The molecule has 15 heavy (non-hydrogen) atoms. The van der Waals surface area contributed by atoms with Crippen molar-refractivity contribution < 1.29 is 4.79 Å². The molecule has 1 amide bonds. The van der Waals surface area contributed by atoms with Crippen molar-refractivity contribution in [2.45, 2.75) is 26.7 Å². The van der Waals surface area contributed by atoms with Crippen molar-refractivity contribution in [1.29, 1.82) is 0 Å². The molecule has 0 aliphatic carbocycles. The molecular formula is C11H25N3O. The van der Waals surface area contributed by atoms with Crippen LogP contribution < -0.4 is 11.1 Å². The predicted molar refractivity (Wildman–Crippen MR) is 63.6 cm³/mol. The van der Waals surface area contributed by atoms with Crippen molar-refractivity contribution in [3.63, 3.8) is 0 Å². The van der Waals surface area contributed by atoms with Gasteiger partial charge in [0.15, 0.2) is 0 Å². The van der Waals surface area contributed by atoms with Gasteiger partial charge in [-0.25, -0.2) is 0 Å². The van der Waals surface area contributed by atoms with E-state index in [-0.39, 0.29) is 11.3 Å². The van der Waals surface area contributed by atoms with Crippen molar-refractivity contribution in [2.75, 3.05) is 33.7 Å². The summed E-state index contributed by atoms with van der Waals surface area (Å²) in [5, 5.41) is 2.94. The van der Waals surface area contributed by atoms with Crippen LogP contribution in [0.15, 0.2) is 0 Å². The van der Waals surface area contributed by atoms with E-state index in [0.29, 0.717) is 6.54 Å². The summed E-state index contributed by atoms with van der Waals surface area (Å²) >= 11 is 0. The molecule has 0 aliphatic heterocycles. The third-order valence-corrected chi connectivity index (χ3v) is 2.45. The second-order valence-electron chi connectivity index (χ2n) is 4.84. The summed E-state index contributed by atoms with van der Waals surface area (Å²) < 4.78 is 0. The van der Waals surface area contributed by atoms with Gasteiger partial charge in [-0.15, -0.1) is 0 Å².